The minimum absolute atomic E-state index is 0.106. The number of fused-ring (bicyclic) bond motifs is 6. The molecule has 0 saturated heterocycles. The van der Waals surface area contributed by atoms with E-state index in [0.29, 0.717) is 23.1 Å². The molecule has 15 heteroatoms. The van der Waals surface area contributed by atoms with Crippen LogP contribution in [0.5, 0.6) is 0 Å². The summed E-state index contributed by atoms with van der Waals surface area (Å²) >= 11 is 0. The van der Waals surface area contributed by atoms with Gasteiger partial charge in [0.25, 0.3) is 0 Å². The van der Waals surface area contributed by atoms with Crippen LogP contribution in [0.15, 0.2) is 102 Å². The van der Waals surface area contributed by atoms with Crippen molar-refractivity contribution in [2.45, 2.75) is 24.7 Å². The molecule has 280 valence electrons. The lowest BCUT2D eigenvalue weighted by atomic mass is 9.93. The van der Waals surface area contributed by atoms with Gasteiger partial charge in [-0.15, -0.1) is 0 Å². The summed E-state index contributed by atoms with van der Waals surface area (Å²) in [5.74, 6) is 0. The van der Waals surface area contributed by atoms with Gasteiger partial charge in [-0.2, -0.15) is 57.9 Å². The minimum Gasteiger partial charge on any atom is -0.309 e. The van der Waals surface area contributed by atoms with Crippen molar-refractivity contribution in [1.29, 1.82) is 5.26 Å². The van der Waals surface area contributed by atoms with Gasteiger partial charge in [0.05, 0.1) is 61.4 Å². The Morgan fingerprint density at radius 2 is 1.04 bits per heavy atom. The van der Waals surface area contributed by atoms with Crippen LogP contribution in [-0.2, 0) is 24.7 Å². The Bertz CT molecular complexity index is 2950. The van der Waals surface area contributed by atoms with E-state index in [1.54, 1.807) is 12.1 Å². The van der Waals surface area contributed by atoms with Crippen molar-refractivity contribution in [3.05, 3.63) is 142 Å². The number of hydrogen-bond donors (Lipinski definition) is 0. The normalized spacial score (nSPS) is 13.3. The van der Waals surface area contributed by atoms with Gasteiger partial charge in [-0.25, -0.2) is 0 Å². The van der Waals surface area contributed by atoms with E-state index in [1.807, 2.05) is 6.07 Å². The van der Waals surface area contributed by atoms with Gasteiger partial charge < -0.3 is 9.13 Å². The summed E-state index contributed by atoms with van der Waals surface area (Å²) in [6.45, 7) is 0. The van der Waals surface area contributed by atoms with Crippen LogP contribution in [0.25, 0.3) is 67.4 Å². The molecule has 8 rings (SSSR count). The highest BCUT2D eigenvalue weighted by atomic mass is 19.4. The summed E-state index contributed by atoms with van der Waals surface area (Å²) in [6, 6.07) is 16.4. The maximum absolute atomic E-state index is 14.9. The van der Waals surface area contributed by atoms with Crippen LogP contribution in [0, 0.1) is 11.3 Å². The molecule has 1 aliphatic carbocycles. The van der Waals surface area contributed by atoms with E-state index < -0.39 is 58.1 Å². The zero-order valence-corrected chi connectivity index (χ0v) is 27.7. The molecule has 3 nitrogen and oxygen atoms in total. The molecule has 5 aromatic carbocycles. The molecular formula is C41H17F12N3. The van der Waals surface area contributed by atoms with Crippen molar-refractivity contribution < 1.29 is 52.7 Å². The molecule has 0 aliphatic heterocycles. The molecule has 0 saturated carbocycles. The number of aromatic nitrogens is 2. The van der Waals surface area contributed by atoms with Crippen LogP contribution < -0.4 is 0 Å². The number of rotatable bonds is 3. The SMILES string of the molecule is N#Cc1cc(-n2c3ccccc3c3ccc(C(F)(F)F)cc32)c(-c2ccc(C(F)(F)F)cc2C(F)(F)F)cc1-n1c2c(c3ccc(C(F)(F)F)cc31)C=C=C=C2. The summed E-state index contributed by atoms with van der Waals surface area (Å²) in [6.07, 6.45) is -17.7. The van der Waals surface area contributed by atoms with Gasteiger partial charge >= 0.3 is 24.7 Å². The molecule has 0 atom stereocenters. The summed E-state index contributed by atoms with van der Waals surface area (Å²) in [4.78, 5) is 0. The van der Waals surface area contributed by atoms with E-state index in [4.69, 9.17) is 0 Å². The van der Waals surface area contributed by atoms with Crippen LogP contribution in [0.1, 0.15) is 39.1 Å². The average Bonchev–Trinajstić information content (AvgIpc) is 3.64. The summed E-state index contributed by atoms with van der Waals surface area (Å²) in [5.41, 5.74) is -2.32. The number of nitrogens with zero attached hydrogens (tertiary/aromatic N) is 3. The lowest BCUT2D eigenvalue weighted by molar-refractivity contribution is -0.143. The highest BCUT2D eigenvalue weighted by molar-refractivity contribution is 6.10. The Hall–Kier alpha value is -6.61. The fraction of sp³-hybridized carbons (Fsp3) is 0.0976. The van der Waals surface area contributed by atoms with Gasteiger partial charge in [-0.3, -0.25) is 0 Å². The lowest BCUT2D eigenvalue weighted by Crippen LogP contribution is -2.13. The zero-order chi connectivity index (χ0) is 40.1. The third-order valence-corrected chi connectivity index (χ3v) is 9.54. The van der Waals surface area contributed by atoms with E-state index in [9.17, 15) is 57.9 Å². The monoisotopic (exact) mass is 779 g/mol. The molecule has 0 N–H and O–H groups in total. The standard InChI is InChI=1S/C41H17F12N3/c42-38(43,44)22-9-12-25(31(16-22)41(51,52)53)30-19-34(55-32-7-3-1-5-26(32)28-13-10-23(17-36(28)55)39(45,46)47)21(20-54)15-35(30)56-33-8-4-2-6-27(33)29-14-11-24(18-37(29)56)40(48,49)50/h2,4-19H. The molecule has 0 unspecified atom stereocenters. The molecule has 2 aromatic heterocycles. The topological polar surface area (TPSA) is 33.6 Å². The summed E-state index contributed by atoms with van der Waals surface area (Å²) in [7, 11) is 0. The van der Waals surface area contributed by atoms with E-state index in [1.165, 1.54) is 45.6 Å². The smallest absolute Gasteiger partial charge is 0.309 e. The van der Waals surface area contributed by atoms with Crippen molar-refractivity contribution in [1.82, 2.24) is 9.13 Å². The number of halogens is 12. The zero-order valence-electron chi connectivity index (χ0n) is 27.7. The Balaban J connectivity index is 1.57. The fourth-order valence-electron chi connectivity index (χ4n) is 7.13. The fourth-order valence-corrected chi connectivity index (χ4v) is 7.13. The molecule has 1 aliphatic rings. The van der Waals surface area contributed by atoms with Gasteiger partial charge in [0.1, 0.15) is 6.07 Å². The van der Waals surface area contributed by atoms with E-state index in [0.717, 1.165) is 36.4 Å². The van der Waals surface area contributed by atoms with Crippen molar-refractivity contribution in [3.63, 3.8) is 0 Å². The Morgan fingerprint density at radius 1 is 0.482 bits per heavy atom. The second-order valence-electron chi connectivity index (χ2n) is 12.8. The second-order valence-corrected chi connectivity index (χ2v) is 12.8. The Kier molecular flexibility index (Phi) is 7.92. The summed E-state index contributed by atoms with van der Waals surface area (Å²) < 4.78 is 173. The lowest BCUT2D eigenvalue weighted by Gasteiger charge is -2.22. The van der Waals surface area contributed by atoms with Crippen LogP contribution in [-0.4, -0.2) is 9.13 Å². The molecule has 0 bridgehead atoms. The van der Waals surface area contributed by atoms with E-state index in [2.05, 4.69) is 11.5 Å². The first-order valence-electron chi connectivity index (χ1n) is 16.2. The molecule has 0 fully saturated rings. The predicted octanol–water partition coefficient (Wildman–Crippen LogP) is 13.1. The van der Waals surface area contributed by atoms with Crippen molar-refractivity contribution >= 4 is 44.9 Å². The van der Waals surface area contributed by atoms with Crippen LogP contribution in [0.3, 0.4) is 0 Å². The molecular weight excluding hydrogens is 762 g/mol. The molecule has 0 amide bonds. The van der Waals surface area contributed by atoms with Crippen LogP contribution in [0.4, 0.5) is 52.7 Å². The molecule has 56 heavy (non-hydrogen) atoms. The first-order chi connectivity index (χ1) is 26.3. The maximum atomic E-state index is 14.9. The number of para-hydroxylation sites is 1. The van der Waals surface area contributed by atoms with Crippen molar-refractivity contribution in [3.8, 4) is 28.6 Å². The number of hydrogen-bond acceptors (Lipinski definition) is 1. The highest BCUT2D eigenvalue weighted by Crippen LogP contribution is 2.47. The molecule has 0 spiro atoms. The highest BCUT2D eigenvalue weighted by Gasteiger charge is 2.40. The number of nitriles is 1. The number of benzene rings is 5. The minimum atomic E-state index is -5.44. The molecule has 7 aromatic rings. The second kappa shape index (κ2) is 12.2. The average molecular weight is 780 g/mol. The first kappa shape index (κ1) is 36.4. The largest absolute Gasteiger partial charge is 0.417 e. The quantitative estimate of drug-likeness (QED) is 0.130. The van der Waals surface area contributed by atoms with Gasteiger partial charge in [-0.05, 0) is 66.2 Å². The first-order valence-corrected chi connectivity index (χ1v) is 16.2. The van der Waals surface area contributed by atoms with Crippen molar-refractivity contribution in [2.24, 2.45) is 0 Å². The molecule has 0 radical (unpaired) electrons. The van der Waals surface area contributed by atoms with E-state index in [-0.39, 0.29) is 56.0 Å². The van der Waals surface area contributed by atoms with Gasteiger partial charge in [0.15, 0.2) is 0 Å². The Labute approximate surface area is 306 Å². The van der Waals surface area contributed by atoms with E-state index >= 15 is 0 Å². The van der Waals surface area contributed by atoms with Crippen molar-refractivity contribution in [2.75, 3.05) is 0 Å². The third-order valence-electron chi connectivity index (χ3n) is 9.54. The summed E-state index contributed by atoms with van der Waals surface area (Å²) in [5, 5.41) is 11.4. The third kappa shape index (κ3) is 5.82. The van der Waals surface area contributed by atoms with Crippen LogP contribution >= 0.6 is 0 Å². The van der Waals surface area contributed by atoms with Crippen LogP contribution in [0.2, 0.25) is 0 Å². The van der Waals surface area contributed by atoms with Gasteiger partial charge in [-0.1, -0.05) is 47.9 Å². The van der Waals surface area contributed by atoms with Gasteiger partial charge in [0, 0.05) is 33.4 Å². The Morgan fingerprint density at radius 3 is 1.66 bits per heavy atom. The molecule has 2 heterocycles. The maximum Gasteiger partial charge on any atom is 0.417 e. The number of alkyl halides is 12. The predicted molar refractivity (Wildman–Crippen MR) is 184 cm³/mol. The van der Waals surface area contributed by atoms with Gasteiger partial charge in [0.2, 0.25) is 0 Å².